The van der Waals surface area contributed by atoms with Gasteiger partial charge in [-0.3, -0.25) is 14.8 Å². The molecule has 7 heteroatoms. The van der Waals surface area contributed by atoms with Crippen molar-refractivity contribution in [2.45, 2.75) is 26.3 Å². The van der Waals surface area contributed by atoms with Gasteiger partial charge in [-0.1, -0.05) is 24.3 Å². The Labute approximate surface area is 157 Å². The van der Waals surface area contributed by atoms with Gasteiger partial charge in [-0.2, -0.15) is 0 Å². The lowest BCUT2D eigenvalue weighted by Crippen LogP contribution is -2.21. The van der Waals surface area contributed by atoms with Crippen molar-refractivity contribution in [1.29, 1.82) is 0 Å². The number of hydroxylamine groups is 1. The number of aromatic nitrogens is 2. The number of nitrogens with zero attached hydrogens (tertiary/aromatic N) is 2. The SMILES string of the molecule is CC(=O)NCCCc1nc2ccccc2n1Cc1ccc(C(=O)NO)cc1. The molecule has 140 valence electrons. The molecule has 0 aliphatic carbocycles. The van der Waals surface area contributed by atoms with Crippen molar-refractivity contribution in [2.75, 3.05) is 6.54 Å². The van der Waals surface area contributed by atoms with E-state index in [0.29, 0.717) is 18.7 Å². The first-order chi connectivity index (χ1) is 13.1. The van der Waals surface area contributed by atoms with E-state index >= 15 is 0 Å². The smallest absolute Gasteiger partial charge is 0.274 e. The van der Waals surface area contributed by atoms with Crippen LogP contribution in [0.25, 0.3) is 11.0 Å². The van der Waals surface area contributed by atoms with Crippen LogP contribution in [0.4, 0.5) is 0 Å². The van der Waals surface area contributed by atoms with Crippen LogP contribution >= 0.6 is 0 Å². The summed E-state index contributed by atoms with van der Waals surface area (Å²) in [5, 5.41) is 11.5. The van der Waals surface area contributed by atoms with E-state index in [0.717, 1.165) is 35.3 Å². The lowest BCUT2D eigenvalue weighted by atomic mass is 10.1. The summed E-state index contributed by atoms with van der Waals surface area (Å²) in [6.45, 7) is 2.75. The van der Waals surface area contributed by atoms with Crippen molar-refractivity contribution in [3.8, 4) is 0 Å². The normalized spacial score (nSPS) is 10.7. The fourth-order valence-electron chi connectivity index (χ4n) is 3.01. The van der Waals surface area contributed by atoms with E-state index in [1.807, 2.05) is 36.4 Å². The van der Waals surface area contributed by atoms with Crippen LogP contribution in [0.2, 0.25) is 0 Å². The molecule has 0 saturated carbocycles. The number of para-hydroxylation sites is 2. The maximum Gasteiger partial charge on any atom is 0.274 e. The molecule has 3 aromatic rings. The molecule has 0 radical (unpaired) electrons. The first-order valence-electron chi connectivity index (χ1n) is 8.80. The number of hydrogen-bond donors (Lipinski definition) is 3. The Morgan fingerprint density at radius 1 is 1.11 bits per heavy atom. The van der Waals surface area contributed by atoms with Crippen LogP contribution in [0.3, 0.4) is 0 Å². The van der Waals surface area contributed by atoms with Crippen LogP contribution in [-0.4, -0.2) is 33.1 Å². The molecule has 0 unspecified atom stereocenters. The number of carbonyl (C=O) groups is 2. The molecule has 0 bridgehead atoms. The molecule has 0 aliphatic heterocycles. The molecule has 3 rings (SSSR count). The van der Waals surface area contributed by atoms with Crippen molar-refractivity contribution < 1.29 is 14.8 Å². The van der Waals surface area contributed by atoms with Gasteiger partial charge in [0.1, 0.15) is 5.82 Å². The van der Waals surface area contributed by atoms with E-state index in [1.165, 1.54) is 6.92 Å². The van der Waals surface area contributed by atoms with Gasteiger partial charge in [0.2, 0.25) is 5.91 Å². The molecule has 0 fully saturated rings. The van der Waals surface area contributed by atoms with E-state index in [1.54, 1.807) is 17.6 Å². The highest BCUT2D eigenvalue weighted by Crippen LogP contribution is 2.19. The highest BCUT2D eigenvalue weighted by atomic mass is 16.5. The number of rotatable bonds is 7. The highest BCUT2D eigenvalue weighted by molar-refractivity contribution is 5.93. The van der Waals surface area contributed by atoms with Crippen LogP contribution in [-0.2, 0) is 17.8 Å². The standard InChI is InChI=1S/C20H22N4O3/c1-14(25)21-12-4-7-19-22-17-5-2-3-6-18(17)24(19)13-15-8-10-16(11-9-15)20(26)23-27/h2-3,5-6,8-11,27H,4,7,12-13H2,1H3,(H,21,25)(H,23,26). The largest absolute Gasteiger partial charge is 0.356 e. The van der Waals surface area contributed by atoms with Crippen molar-refractivity contribution in [1.82, 2.24) is 20.3 Å². The van der Waals surface area contributed by atoms with E-state index in [9.17, 15) is 9.59 Å². The van der Waals surface area contributed by atoms with Crippen LogP contribution in [0, 0.1) is 0 Å². The topological polar surface area (TPSA) is 96.2 Å². The average Bonchev–Trinajstić information content (AvgIpc) is 3.02. The number of benzene rings is 2. The minimum atomic E-state index is -0.534. The predicted molar refractivity (Wildman–Crippen MR) is 102 cm³/mol. The number of nitrogens with one attached hydrogen (secondary N) is 2. The summed E-state index contributed by atoms with van der Waals surface area (Å²) in [7, 11) is 0. The van der Waals surface area contributed by atoms with Gasteiger partial charge in [0.15, 0.2) is 0 Å². The number of hydrogen-bond acceptors (Lipinski definition) is 4. The van der Waals surface area contributed by atoms with E-state index < -0.39 is 5.91 Å². The fourth-order valence-corrected chi connectivity index (χ4v) is 3.01. The van der Waals surface area contributed by atoms with Crippen molar-refractivity contribution >= 4 is 22.8 Å². The van der Waals surface area contributed by atoms with Gasteiger partial charge < -0.3 is 9.88 Å². The molecule has 1 heterocycles. The van der Waals surface area contributed by atoms with Crippen LogP contribution in [0.1, 0.15) is 35.1 Å². The molecule has 3 N–H and O–H groups in total. The number of fused-ring (bicyclic) bond motifs is 1. The average molecular weight is 366 g/mol. The van der Waals surface area contributed by atoms with Crippen LogP contribution < -0.4 is 10.8 Å². The minimum Gasteiger partial charge on any atom is -0.356 e. The second kappa shape index (κ2) is 8.46. The van der Waals surface area contributed by atoms with Gasteiger partial charge in [0.05, 0.1) is 11.0 Å². The Bertz CT molecular complexity index is 948. The minimum absolute atomic E-state index is 0.0319. The molecule has 2 amide bonds. The summed E-state index contributed by atoms with van der Waals surface area (Å²) >= 11 is 0. The number of imidazole rings is 1. The van der Waals surface area contributed by atoms with Crippen molar-refractivity contribution in [3.63, 3.8) is 0 Å². The number of amides is 2. The van der Waals surface area contributed by atoms with Gasteiger partial charge in [-0.25, -0.2) is 10.5 Å². The third-order valence-corrected chi connectivity index (χ3v) is 4.34. The van der Waals surface area contributed by atoms with E-state index in [2.05, 4.69) is 9.88 Å². The quantitative estimate of drug-likeness (QED) is 0.339. The molecular weight excluding hydrogens is 344 g/mol. The van der Waals surface area contributed by atoms with Crippen molar-refractivity contribution in [2.24, 2.45) is 0 Å². The lowest BCUT2D eigenvalue weighted by Gasteiger charge is -2.10. The van der Waals surface area contributed by atoms with Gasteiger partial charge in [0.25, 0.3) is 5.91 Å². The van der Waals surface area contributed by atoms with Gasteiger partial charge >= 0.3 is 0 Å². The first kappa shape index (κ1) is 18.6. The Morgan fingerprint density at radius 2 is 1.85 bits per heavy atom. The summed E-state index contributed by atoms with van der Waals surface area (Å²) in [5.41, 5.74) is 5.03. The summed E-state index contributed by atoms with van der Waals surface area (Å²) in [4.78, 5) is 27.2. The van der Waals surface area contributed by atoms with E-state index in [4.69, 9.17) is 10.2 Å². The molecule has 27 heavy (non-hydrogen) atoms. The molecule has 0 atom stereocenters. The fraction of sp³-hybridized carbons (Fsp3) is 0.250. The number of carbonyl (C=O) groups excluding carboxylic acids is 2. The Kier molecular flexibility index (Phi) is 5.83. The van der Waals surface area contributed by atoms with Crippen LogP contribution in [0.5, 0.6) is 0 Å². The molecule has 0 spiro atoms. The molecule has 0 aliphatic rings. The zero-order valence-corrected chi connectivity index (χ0v) is 15.1. The Balaban J connectivity index is 1.82. The summed E-state index contributed by atoms with van der Waals surface area (Å²) in [6, 6.07) is 15.0. The maximum absolute atomic E-state index is 11.5. The highest BCUT2D eigenvalue weighted by Gasteiger charge is 2.11. The third kappa shape index (κ3) is 4.51. The zero-order chi connectivity index (χ0) is 19.2. The first-order valence-corrected chi connectivity index (χ1v) is 8.80. The molecule has 7 nitrogen and oxygen atoms in total. The molecule has 1 aromatic heterocycles. The number of aryl methyl sites for hydroxylation is 1. The van der Waals surface area contributed by atoms with Crippen LogP contribution in [0.15, 0.2) is 48.5 Å². The van der Waals surface area contributed by atoms with Gasteiger partial charge in [-0.15, -0.1) is 0 Å². The van der Waals surface area contributed by atoms with E-state index in [-0.39, 0.29) is 5.91 Å². The third-order valence-electron chi connectivity index (χ3n) is 4.34. The molecule has 2 aromatic carbocycles. The Morgan fingerprint density at radius 3 is 2.56 bits per heavy atom. The monoisotopic (exact) mass is 366 g/mol. The maximum atomic E-state index is 11.5. The summed E-state index contributed by atoms with van der Waals surface area (Å²) in [6.07, 6.45) is 1.55. The van der Waals surface area contributed by atoms with Gasteiger partial charge in [0, 0.05) is 32.0 Å². The second-order valence-corrected chi connectivity index (χ2v) is 6.33. The second-order valence-electron chi connectivity index (χ2n) is 6.33. The predicted octanol–water partition coefficient (Wildman–Crippen LogP) is 2.27. The zero-order valence-electron chi connectivity index (χ0n) is 15.1. The summed E-state index contributed by atoms with van der Waals surface area (Å²) in [5.74, 6) is 0.391. The summed E-state index contributed by atoms with van der Waals surface area (Å²) < 4.78 is 2.16. The lowest BCUT2D eigenvalue weighted by molar-refractivity contribution is -0.118. The Hall–Kier alpha value is -3.19. The molecule has 0 saturated heterocycles. The molecular formula is C20H22N4O3. The van der Waals surface area contributed by atoms with Crippen molar-refractivity contribution in [3.05, 3.63) is 65.5 Å². The van der Waals surface area contributed by atoms with Gasteiger partial charge in [-0.05, 0) is 36.2 Å².